The number of amides is 1. The van der Waals surface area contributed by atoms with Gasteiger partial charge in [0.25, 0.3) is 11.5 Å². The van der Waals surface area contributed by atoms with E-state index in [1.165, 1.54) is 0 Å². The molecular formula is C15H23BrN2O2. The van der Waals surface area contributed by atoms with Crippen molar-refractivity contribution in [2.45, 2.75) is 46.5 Å². The summed E-state index contributed by atoms with van der Waals surface area (Å²) in [6.45, 7) is 6.85. The molecule has 0 bridgehead atoms. The van der Waals surface area contributed by atoms with E-state index in [1.54, 1.807) is 6.07 Å². The molecule has 2 N–H and O–H groups in total. The van der Waals surface area contributed by atoms with Gasteiger partial charge in [-0.25, -0.2) is 0 Å². The monoisotopic (exact) mass is 342 g/mol. The molecule has 1 amide bonds. The van der Waals surface area contributed by atoms with Gasteiger partial charge >= 0.3 is 0 Å². The van der Waals surface area contributed by atoms with Gasteiger partial charge in [0, 0.05) is 16.7 Å². The topological polar surface area (TPSA) is 62.0 Å². The van der Waals surface area contributed by atoms with E-state index >= 15 is 0 Å². The van der Waals surface area contributed by atoms with Crippen LogP contribution < -0.4 is 10.9 Å². The predicted octanol–water partition coefficient (Wildman–Crippen LogP) is 3.26. The van der Waals surface area contributed by atoms with Crippen molar-refractivity contribution in [3.05, 3.63) is 32.2 Å². The molecule has 0 aromatic carbocycles. The molecule has 0 fully saturated rings. The Kier molecular flexibility index (Phi) is 6.99. The first-order chi connectivity index (χ1) is 9.53. The third-order valence-corrected chi connectivity index (χ3v) is 4.23. The summed E-state index contributed by atoms with van der Waals surface area (Å²) < 4.78 is 0.784. The zero-order chi connectivity index (χ0) is 15.1. The molecule has 112 valence electrons. The number of nitrogens with one attached hydrogen (secondary N) is 2. The number of aryl methyl sites for hydroxylation is 1. The summed E-state index contributed by atoms with van der Waals surface area (Å²) in [5, 5.41) is 2.84. The molecule has 20 heavy (non-hydrogen) atoms. The van der Waals surface area contributed by atoms with Gasteiger partial charge < -0.3 is 10.3 Å². The maximum absolute atomic E-state index is 12.1. The number of carbonyl (C=O) groups is 1. The van der Waals surface area contributed by atoms with Crippen LogP contribution in [0.5, 0.6) is 0 Å². The molecule has 0 atom stereocenters. The first kappa shape index (κ1) is 17.0. The summed E-state index contributed by atoms with van der Waals surface area (Å²) >= 11 is 3.41. The number of carbonyl (C=O) groups excluding carboxylic acids is 1. The Balaban J connectivity index is 2.83. The average Bonchev–Trinajstić information content (AvgIpc) is 2.43. The van der Waals surface area contributed by atoms with Crippen molar-refractivity contribution in [1.29, 1.82) is 0 Å². The number of aromatic amines is 1. The molecular weight excluding hydrogens is 320 g/mol. The van der Waals surface area contributed by atoms with Gasteiger partial charge in [-0.05, 0) is 34.3 Å². The summed E-state index contributed by atoms with van der Waals surface area (Å²) in [4.78, 5) is 26.8. The van der Waals surface area contributed by atoms with Crippen LogP contribution in [0.4, 0.5) is 0 Å². The Morgan fingerprint density at radius 1 is 1.35 bits per heavy atom. The van der Waals surface area contributed by atoms with Gasteiger partial charge in [-0.3, -0.25) is 9.59 Å². The molecule has 1 rings (SSSR count). The van der Waals surface area contributed by atoms with E-state index in [2.05, 4.69) is 40.1 Å². The number of H-pyrrole nitrogens is 1. The van der Waals surface area contributed by atoms with Crippen LogP contribution >= 0.6 is 15.9 Å². The van der Waals surface area contributed by atoms with Crippen LogP contribution in [0.15, 0.2) is 15.3 Å². The molecule has 5 heteroatoms. The SMILES string of the molecule is CCCc1[nH]c(=O)c(C(=O)NCC(CC)CC)cc1Br. The van der Waals surface area contributed by atoms with Crippen molar-refractivity contribution in [2.24, 2.45) is 5.92 Å². The highest BCUT2D eigenvalue weighted by Gasteiger charge is 2.14. The van der Waals surface area contributed by atoms with Gasteiger partial charge in [-0.15, -0.1) is 0 Å². The lowest BCUT2D eigenvalue weighted by molar-refractivity contribution is 0.0945. The Morgan fingerprint density at radius 2 is 2.00 bits per heavy atom. The Hall–Kier alpha value is -1.10. The van der Waals surface area contributed by atoms with Crippen LogP contribution in [-0.4, -0.2) is 17.4 Å². The fraction of sp³-hybridized carbons (Fsp3) is 0.600. The zero-order valence-electron chi connectivity index (χ0n) is 12.4. The number of pyridine rings is 1. The molecule has 1 heterocycles. The largest absolute Gasteiger partial charge is 0.352 e. The summed E-state index contributed by atoms with van der Waals surface area (Å²) in [5.41, 5.74) is 0.690. The third kappa shape index (κ3) is 4.47. The van der Waals surface area contributed by atoms with E-state index in [1.807, 2.05) is 6.92 Å². The minimum absolute atomic E-state index is 0.169. The van der Waals surface area contributed by atoms with Crippen LogP contribution in [0.2, 0.25) is 0 Å². The molecule has 0 aliphatic heterocycles. The quantitative estimate of drug-likeness (QED) is 0.798. The molecule has 0 aliphatic rings. The maximum atomic E-state index is 12.1. The van der Waals surface area contributed by atoms with Crippen LogP contribution in [-0.2, 0) is 6.42 Å². The van der Waals surface area contributed by atoms with E-state index in [4.69, 9.17) is 0 Å². The van der Waals surface area contributed by atoms with Crippen molar-refractivity contribution in [3.63, 3.8) is 0 Å². The van der Waals surface area contributed by atoms with Gasteiger partial charge in [0.15, 0.2) is 0 Å². The lowest BCUT2D eigenvalue weighted by Gasteiger charge is -2.13. The molecule has 4 nitrogen and oxygen atoms in total. The Morgan fingerprint density at radius 3 is 2.55 bits per heavy atom. The number of hydrogen-bond acceptors (Lipinski definition) is 2. The first-order valence-electron chi connectivity index (χ1n) is 7.23. The minimum Gasteiger partial charge on any atom is -0.352 e. The Bertz CT molecular complexity index is 507. The molecule has 0 unspecified atom stereocenters. The zero-order valence-corrected chi connectivity index (χ0v) is 14.0. The molecule has 1 aromatic heterocycles. The van der Waals surface area contributed by atoms with Crippen LogP contribution in [0.1, 0.15) is 56.1 Å². The number of aromatic nitrogens is 1. The highest BCUT2D eigenvalue weighted by Crippen LogP contribution is 2.15. The summed E-state index contributed by atoms with van der Waals surface area (Å²) in [6.07, 6.45) is 3.76. The van der Waals surface area contributed by atoms with Gasteiger partial charge in [0.1, 0.15) is 5.56 Å². The van der Waals surface area contributed by atoms with Crippen LogP contribution in [0.25, 0.3) is 0 Å². The van der Waals surface area contributed by atoms with Crippen molar-refractivity contribution in [1.82, 2.24) is 10.3 Å². The second-order valence-corrected chi connectivity index (χ2v) is 5.84. The van der Waals surface area contributed by atoms with E-state index in [0.717, 1.165) is 35.8 Å². The van der Waals surface area contributed by atoms with Crippen molar-refractivity contribution in [2.75, 3.05) is 6.54 Å². The van der Waals surface area contributed by atoms with Crippen LogP contribution in [0, 0.1) is 5.92 Å². The van der Waals surface area contributed by atoms with Gasteiger partial charge in [0.05, 0.1) is 0 Å². The van der Waals surface area contributed by atoms with E-state index in [-0.39, 0.29) is 17.0 Å². The maximum Gasteiger partial charge on any atom is 0.261 e. The first-order valence-corrected chi connectivity index (χ1v) is 8.02. The van der Waals surface area contributed by atoms with E-state index in [9.17, 15) is 9.59 Å². The van der Waals surface area contributed by atoms with E-state index < -0.39 is 0 Å². The molecule has 0 spiro atoms. The summed E-state index contributed by atoms with van der Waals surface area (Å²) in [6, 6.07) is 1.62. The fourth-order valence-electron chi connectivity index (χ4n) is 2.05. The second-order valence-electron chi connectivity index (χ2n) is 4.98. The fourth-order valence-corrected chi connectivity index (χ4v) is 2.58. The molecule has 0 aliphatic carbocycles. The van der Waals surface area contributed by atoms with Gasteiger partial charge in [-0.1, -0.05) is 40.0 Å². The number of rotatable bonds is 7. The van der Waals surface area contributed by atoms with Gasteiger partial charge in [-0.2, -0.15) is 0 Å². The molecule has 1 aromatic rings. The lowest BCUT2D eigenvalue weighted by atomic mass is 10.0. The smallest absolute Gasteiger partial charge is 0.261 e. The number of hydrogen-bond donors (Lipinski definition) is 2. The Labute approximate surface area is 128 Å². The standard InChI is InChI=1S/C15H23BrN2O2/c1-4-7-13-12(16)8-11(15(20)18-13)14(19)17-9-10(5-2)6-3/h8,10H,4-7,9H2,1-3H3,(H,17,19)(H,18,20). The molecule has 0 radical (unpaired) electrons. The summed E-state index contributed by atoms with van der Waals surface area (Å²) in [5.74, 6) is 0.155. The van der Waals surface area contributed by atoms with Crippen molar-refractivity contribution >= 4 is 21.8 Å². The van der Waals surface area contributed by atoms with E-state index in [0.29, 0.717) is 12.5 Å². The van der Waals surface area contributed by atoms with Crippen molar-refractivity contribution < 1.29 is 4.79 Å². The second kappa shape index (κ2) is 8.25. The normalized spacial score (nSPS) is 10.8. The van der Waals surface area contributed by atoms with Crippen molar-refractivity contribution in [3.8, 4) is 0 Å². The lowest BCUT2D eigenvalue weighted by Crippen LogP contribution is -2.33. The number of halogens is 1. The third-order valence-electron chi connectivity index (χ3n) is 3.52. The van der Waals surface area contributed by atoms with Crippen LogP contribution in [0.3, 0.4) is 0 Å². The highest BCUT2D eigenvalue weighted by atomic mass is 79.9. The van der Waals surface area contributed by atoms with Gasteiger partial charge in [0.2, 0.25) is 0 Å². The molecule has 0 saturated carbocycles. The average molecular weight is 343 g/mol. The highest BCUT2D eigenvalue weighted by molar-refractivity contribution is 9.10. The predicted molar refractivity (Wildman–Crippen MR) is 85.2 cm³/mol. The molecule has 0 saturated heterocycles. The summed E-state index contributed by atoms with van der Waals surface area (Å²) in [7, 11) is 0. The minimum atomic E-state index is -0.321.